The monoisotopic (exact) mass is 274 g/mol. The number of nitrogens with one attached hydrogen (secondary N) is 2. The third-order valence-corrected chi connectivity index (χ3v) is 4.14. The number of carbonyl (C=O) groups is 1. The fraction of sp³-hybridized carbons (Fsp3) is 0.588. The van der Waals surface area contributed by atoms with Crippen molar-refractivity contribution >= 4 is 5.91 Å². The van der Waals surface area contributed by atoms with Crippen LogP contribution in [0.3, 0.4) is 0 Å². The van der Waals surface area contributed by atoms with E-state index in [9.17, 15) is 4.79 Å². The Morgan fingerprint density at radius 2 is 1.95 bits per heavy atom. The smallest absolute Gasteiger partial charge is 0.237 e. The molecule has 2 unspecified atom stereocenters. The zero-order valence-electron chi connectivity index (χ0n) is 12.6. The van der Waals surface area contributed by atoms with Crippen LogP contribution in [0, 0.1) is 5.92 Å². The summed E-state index contributed by atoms with van der Waals surface area (Å²) in [4.78, 5) is 11.9. The first-order chi connectivity index (χ1) is 9.72. The maximum atomic E-state index is 11.9. The average molecular weight is 274 g/mol. The van der Waals surface area contributed by atoms with E-state index in [-0.39, 0.29) is 11.9 Å². The molecule has 2 N–H and O–H groups in total. The molecule has 1 aromatic carbocycles. The lowest BCUT2D eigenvalue weighted by atomic mass is 9.86. The summed E-state index contributed by atoms with van der Waals surface area (Å²) in [6, 6.07) is 8.91. The summed E-state index contributed by atoms with van der Waals surface area (Å²) in [5.41, 5.74) is 2.78. The normalized spacial score (nSPS) is 22.5. The van der Waals surface area contributed by atoms with Crippen molar-refractivity contribution < 1.29 is 4.79 Å². The first-order valence-electron chi connectivity index (χ1n) is 7.81. The van der Waals surface area contributed by atoms with E-state index < -0.39 is 0 Å². The van der Waals surface area contributed by atoms with Crippen molar-refractivity contribution in [2.24, 2.45) is 5.92 Å². The molecule has 1 saturated heterocycles. The van der Waals surface area contributed by atoms with Gasteiger partial charge in [0.1, 0.15) is 0 Å². The minimum absolute atomic E-state index is 0.0105. The number of carbonyl (C=O) groups excluding carboxylic acids is 1. The van der Waals surface area contributed by atoms with Crippen LogP contribution in [-0.4, -0.2) is 25.0 Å². The highest BCUT2D eigenvalue weighted by molar-refractivity contribution is 5.81. The second-order valence-corrected chi connectivity index (χ2v) is 5.67. The van der Waals surface area contributed by atoms with Crippen molar-refractivity contribution in [3.05, 3.63) is 35.4 Å². The molecule has 0 spiro atoms. The Kier molecular flexibility index (Phi) is 5.60. The van der Waals surface area contributed by atoms with Crippen LogP contribution in [0.4, 0.5) is 0 Å². The van der Waals surface area contributed by atoms with E-state index in [2.05, 4.69) is 41.8 Å². The molecule has 1 amide bonds. The van der Waals surface area contributed by atoms with Crippen molar-refractivity contribution in [1.82, 2.24) is 10.6 Å². The van der Waals surface area contributed by atoms with Crippen LogP contribution in [0.25, 0.3) is 0 Å². The number of amides is 1. The molecule has 1 heterocycles. The molecular formula is C17H26N2O. The van der Waals surface area contributed by atoms with Gasteiger partial charge in [-0.2, -0.15) is 0 Å². The highest BCUT2D eigenvalue weighted by Gasteiger charge is 2.26. The molecule has 1 aliphatic rings. The van der Waals surface area contributed by atoms with Gasteiger partial charge in [0.25, 0.3) is 0 Å². The molecule has 3 heteroatoms. The van der Waals surface area contributed by atoms with Crippen LogP contribution in [0.2, 0.25) is 0 Å². The SMILES string of the molecule is CCNC(=O)C1CC(Cc2ccc(CC)cc2)CCN1. The minimum Gasteiger partial charge on any atom is -0.355 e. The zero-order valence-corrected chi connectivity index (χ0v) is 12.6. The van der Waals surface area contributed by atoms with Gasteiger partial charge < -0.3 is 10.6 Å². The van der Waals surface area contributed by atoms with Crippen molar-refractivity contribution in [1.29, 1.82) is 0 Å². The predicted octanol–water partition coefficient (Wildman–Crippen LogP) is 2.30. The number of rotatable bonds is 5. The maximum absolute atomic E-state index is 11.9. The summed E-state index contributed by atoms with van der Waals surface area (Å²) in [5.74, 6) is 0.759. The summed E-state index contributed by atoms with van der Waals surface area (Å²) in [7, 11) is 0. The molecule has 3 nitrogen and oxygen atoms in total. The first kappa shape index (κ1) is 15.0. The Hall–Kier alpha value is -1.35. The molecule has 1 aliphatic heterocycles. The summed E-state index contributed by atoms with van der Waals surface area (Å²) in [5, 5.41) is 6.24. The fourth-order valence-corrected chi connectivity index (χ4v) is 2.92. The Morgan fingerprint density at radius 1 is 1.25 bits per heavy atom. The Labute approximate surface area is 122 Å². The molecule has 20 heavy (non-hydrogen) atoms. The summed E-state index contributed by atoms with van der Waals surface area (Å²) in [6.07, 6.45) is 4.28. The van der Waals surface area contributed by atoms with E-state index >= 15 is 0 Å². The van der Waals surface area contributed by atoms with Crippen molar-refractivity contribution in [3.8, 4) is 0 Å². The van der Waals surface area contributed by atoms with Gasteiger partial charge in [-0.15, -0.1) is 0 Å². The Morgan fingerprint density at radius 3 is 2.60 bits per heavy atom. The van der Waals surface area contributed by atoms with Gasteiger partial charge in [-0.05, 0) is 56.2 Å². The molecule has 110 valence electrons. The van der Waals surface area contributed by atoms with E-state index in [1.807, 2.05) is 6.92 Å². The van der Waals surface area contributed by atoms with Gasteiger partial charge in [0.15, 0.2) is 0 Å². The molecule has 2 rings (SSSR count). The lowest BCUT2D eigenvalue weighted by Crippen LogP contribution is -2.48. The van der Waals surface area contributed by atoms with Crippen LogP contribution < -0.4 is 10.6 Å². The van der Waals surface area contributed by atoms with Gasteiger partial charge in [0.2, 0.25) is 5.91 Å². The molecule has 2 atom stereocenters. The average Bonchev–Trinajstić information content (AvgIpc) is 2.48. The lowest BCUT2D eigenvalue weighted by Gasteiger charge is -2.29. The number of likely N-dealkylation sites (N-methyl/N-ethyl adjacent to an activating group) is 1. The van der Waals surface area contributed by atoms with E-state index in [0.29, 0.717) is 12.5 Å². The number of aryl methyl sites for hydroxylation is 1. The molecule has 1 fully saturated rings. The van der Waals surface area contributed by atoms with Gasteiger partial charge in [-0.3, -0.25) is 4.79 Å². The van der Waals surface area contributed by atoms with Crippen molar-refractivity contribution in [3.63, 3.8) is 0 Å². The molecule has 0 saturated carbocycles. The van der Waals surface area contributed by atoms with Crippen LogP contribution >= 0.6 is 0 Å². The van der Waals surface area contributed by atoms with Gasteiger partial charge in [0.05, 0.1) is 6.04 Å². The molecule has 1 aromatic rings. The first-order valence-corrected chi connectivity index (χ1v) is 7.81. The quantitative estimate of drug-likeness (QED) is 0.865. The summed E-state index contributed by atoms with van der Waals surface area (Å²) in [6.45, 7) is 5.80. The van der Waals surface area contributed by atoms with E-state index in [1.165, 1.54) is 11.1 Å². The topological polar surface area (TPSA) is 41.1 Å². The molecular weight excluding hydrogens is 248 g/mol. The molecule has 0 aliphatic carbocycles. The maximum Gasteiger partial charge on any atom is 0.237 e. The van der Waals surface area contributed by atoms with Gasteiger partial charge in [-0.1, -0.05) is 31.2 Å². The van der Waals surface area contributed by atoms with E-state index in [0.717, 1.165) is 32.2 Å². The van der Waals surface area contributed by atoms with Crippen LogP contribution in [-0.2, 0) is 17.6 Å². The second-order valence-electron chi connectivity index (χ2n) is 5.67. The van der Waals surface area contributed by atoms with Crippen molar-refractivity contribution in [2.75, 3.05) is 13.1 Å². The molecule has 0 aromatic heterocycles. The van der Waals surface area contributed by atoms with Gasteiger partial charge >= 0.3 is 0 Å². The number of piperidine rings is 1. The van der Waals surface area contributed by atoms with Crippen LogP contribution in [0.1, 0.15) is 37.8 Å². The summed E-state index contributed by atoms with van der Waals surface area (Å²) < 4.78 is 0. The highest BCUT2D eigenvalue weighted by atomic mass is 16.2. The van der Waals surface area contributed by atoms with Crippen LogP contribution in [0.5, 0.6) is 0 Å². The third kappa shape index (κ3) is 4.07. The standard InChI is InChI=1S/C17H26N2O/c1-3-13-5-7-14(8-6-13)11-15-9-10-19-16(12-15)17(20)18-4-2/h5-8,15-16,19H,3-4,9-12H2,1-2H3,(H,18,20). The van der Waals surface area contributed by atoms with Crippen LogP contribution in [0.15, 0.2) is 24.3 Å². The van der Waals surface area contributed by atoms with Gasteiger partial charge in [-0.25, -0.2) is 0 Å². The van der Waals surface area contributed by atoms with Crippen molar-refractivity contribution in [2.45, 2.75) is 45.6 Å². The zero-order chi connectivity index (χ0) is 14.4. The minimum atomic E-state index is -0.0105. The third-order valence-electron chi connectivity index (χ3n) is 4.14. The summed E-state index contributed by atoms with van der Waals surface area (Å²) >= 11 is 0. The fourth-order valence-electron chi connectivity index (χ4n) is 2.92. The largest absolute Gasteiger partial charge is 0.355 e. The highest BCUT2D eigenvalue weighted by Crippen LogP contribution is 2.21. The lowest BCUT2D eigenvalue weighted by molar-refractivity contribution is -0.123. The number of benzene rings is 1. The molecule has 0 bridgehead atoms. The number of hydrogen-bond acceptors (Lipinski definition) is 2. The predicted molar refractivity (Wildman–Crippen MR) is 82.7 cm³/mol. The Bertz CT molecular complexity index is 427. The molecule has 0 radical (unpaired) electrons. The second kappa shape index (κ2) is 7.44. The Balaban J connectivity index is 1.90. The van der Waals surface area contributed by atoms with E-state index in [1.54, 1.807) is 0 Å². The van der Waals surface area contributed by atoms with E-state index in [4.69, 9.17) is 0 Å². The van der Waals surface area contributed by atoms with Gasteiger partial charge in [0, 0.05) is 6.54 Å². The number of hydrogen-bond donors (Lipinski definition) is 2.